The molecule has 0 saturated heterocycles. The van der Waals surface area contributed by atoms with Crippen molar-refractivity contribution < 1.29 is 9.53 Å². The van der Waals surface area contributed by atoms with Crippen LogP contribution in [0.2, 0.25) is 0 Å². The van der Waals surface area contributed by atoms with Crippen LogP contribution in [0.4, 0.5) is 0 Å². The Morgan fingerprint density at radius 2 is 2.13 bits per heavy atom. The van der Waals surface area contributed by atoms with Gasteiger partial charge in [-0.05, 0) is 13.8 Å². The van der Waals surface area contributed by atoms with Crippen LogP contribution in [0, 0.1) is 13.8 Å². The van der Waals surface area contributed by atoms with E-state index in [0.29, 0.717) is 19.6 Å². The first-order chi connectivity index (χ1) is 7.11. The van der Waals surface area contributed by atoms with Gasteiger partial charge >= 0.3 is 0 Å². The van der Waals surface area contributed by atoms with Crippen molar-refractivity contribution in [3.05, 3.63) is 17.0 Å². The van der Waals surface area contributed by atoms with Gasteiger partial charge in [0.15, 0.2) is 5.78 Å². The number of nitrogens with zero attached hydrogens (tertiary/aromatic N) is 2. The summed E-state index contributed by atoms with van der Waals surface area (Å²) in [7, 11) is 1.66. The number of aryl methyl sites for hydroxylation is 1. The van der Waals surface area contributed by atoms with E-state index in [1.54, 1.807) is 7.11 Å². The first kappa shape index (κ1) is 11.9. The van der Waals surface area contributed by atoms with E-state index in [2.05, 4.69) is 5.10 Å². The third kappa shape index (κ3) is 2.45. The molecule has 0 saturated carbocycles. The monoisotopic (exact) mass is 210 g/mol. The highest BCUT2D eigenvalue weighted by Gasteiger charge is 2.16. The number of methoxy groups -OCH3 is 1. The van der Waals surface area contributed by atoms with Crippen LogP contribution in [-0.2, 0) is 11.3 Å². The van der Waals surface area contributed by atoms with Crippen molar-refractivity contribution >= 4 is 5.78 Å². The summed E-state index contributed by atoms with van der Waals surface area (Å²) in [5.74, 6) is 0.161. The molecule has 0 aliphatic carbocycles. The summed E-state index contributed by atoms with van der Waals surface area (Å²) >= 11 is 0. The molecule has 1 aromatic heterocycles. The van der Waals surface area contributed by atoms with Gasteiger partial charge in [0, 0.05) is 19.2 Å². The molecule has 0 unspecified atom stereocenters. The van der Waals surface area contributed by atoms with E-state index in [1.165, 1.54) is 0 Å². The zero-order valence-electron chi connectivity index (χ0n) is 9.83. The van der Waals surface area contributed by atoms with Crippen LogP contribution < -0.4 is 0 Å². The number of hydrogen-bond donors (Lipinski definition) is 0. The number of carbonyl (C=O) groups is 1. The summed E-state index contributed by atoms with van der Waals surface area (Å²) in [4.78, 5) is 11.7. The highest BCUT2D eigenvalue weighted by atomic mass is 16.5. The molecule has 0 aliphatic heterocycles. The Balaban J connectivity index is 2.98. The smallest absolute Gasteiger partial charge is 0.166 e. The van der Waals surface area contributed by atoms with Crippen LogP contribution in [-0.4, -0.2) is 29.3 Å². The van der Waals surface area contributed by atoms with Gasteiger partial charge in [0.2, 0.25) is 0 Å². The van der Waals surface area contributed by atoms with Gasteiger partial charge in [0.25, 0.3) is 0 Å². The first-order valence-electron chi connectivity index (χ1n) is 5.18. The summed E-state index contributed by atoms with van der Waals surface area (Å²) < 4.78 is 6.83. The molecule has 0 N–H and O–H groups in total. The van der Waals surface area contributed by atoms with Crippen LogP contribution in [0.3, 0.4) is 0 Å². The average molecular weight is 210 g/mol. The lowest BCUT2D eigenvalue weighted by atomic mass is 10.1. The standard InChI is InChI=1S/C11H18N2O2/c1-5-10(14)11-8(2)12-13(9(11)3)6-7-15-4/h5-7H2,1-4H3. The zero-order chi connectivity index (χ0) is 11.4. The number of hydrogen-bond acceptors (Lipinski definition) is 3. The predicted molar refractivity (Wildman–Crippen MR) is 58.2 cm³/mol. The van der Waals surface area contributed by atoms with Gasteiger partial charge in [0.05, 0.1) is 24.4 Å². The molecular formula is C11H18N2O2. The fourth-order valence-electron chi connectivity index (χ4n) is 1.67. The molecule has 0 aliphatic rings. The number of rotatable bonds is 5. The molecule has 1 aromatic rings. The van der Waals surface area contributed by atoms with E-state index in [1.807, 2.05) is 25.5 Å². The number of ketones is 1. The summed E-state index contributed by atoms with van der Waals surface area (Å²) in [6, 6.07) is 0. The molecule has 0 bridgehead atoms. The largest absolute Gasteiger partial charge is 0.383 e. The molecule has 0 amide bonds. The maximum Gasteiger partial charge on any atom is 0.166 e. The Morgan fingerprint density at radius 3 is 2.67 bits per heavy atom. The van der Waals surface area contributed by atoms with Crippen LogP contribution in [0.25, 0.3) is 0 Å². The fraction of sp³-hybridized carbons (Fsp3) is 0.636. The molecule has 4 nitrogen and oxygen atoms in total. The van der Waals surface area contributed by atoms with Crippen molar-refractivity contribution in [1.82, 2.24) is 9.78 Å². The van der Waals surface area contributed by atoms with Gasteiger partial charge in [-0.25, -0.2) is 0 Å². The zero-order valence-corrected chi connectivity index (χ0v) is 9.83. The summed E-state index contributed by atoms with van der Waals surface area (Å²) in [5.41, 5.74) is 2.53. The molecule has 1 heterocycles. The van der Waals surface area contributed by atoms with Crippen LogP contribution in [0.5, 0.6) is 0 Å². The topological polar surface area (TPSA) is 44.1 Å². The van der Waals surface area contributed by atoms with Crippen molar-refractivity contribution in [2.24, 2.45) is 0 Å². The quantitative estimate of drug-likeness (QED) is 0.695. The van der Waals surface area contributed by atoms with Crippen molar-refractivity contribution in [2.45, 2.75) is 33.7 Å². The van der Waals surface area contributed by atoms with Gasteiger partial charge in [0.1, 0.15) is 0 Å². The normalized spacial score (nSPS) is 10.7. The van der Waals surface area contributed by atoms with E-state index in [9.17, 15) is 4.79 Å². The van der Waals surface area contributed by atoms with E-state index in [0.717, 1.165) is 17.0 Å². The lowest BCUT2D eigenvalue weighted by Crippen LogP contribution is -2.08. The first-order valence-corrected chi connectivity index (χ1v) is 5.18. The lowest BCUT2D eigenvalue weighted by molar-refractivity contribution is 0.0986. The van der Waals surface area contributed by atoms with Crippen LogP contribution in [0.15, 0.2) is 0 Å². The summed E-state index contributed by atoms with van der Waals surface area (Å²) in [6.45, 7) is 6.98. The lowest BCUT2D eigenvalue weighted by Gasteiger charge is -2.03. The van der Waals surface area contributed by atoms with Gasteiger partial charge in [-0.3, -0.25) is 9.48 Å². The Labute approximate surface area is 90.2 Å². The molecule has 0 radical (unpaired) electrons. The Kier molecular flexibility index (Phi) is 4.03. The van der Waals surface area contributed by atoms with Crippen molar-refractivity contribution in [3.63, 3.8) is 0 Å². The molecule has 0 atom stereocenters. The number of ether oxygens (including phenoxy) is 1. The molecule has 1 rings (SSSR count). The minimum atomic E-state index is 0.161. The number of carbonyl (C=O) groups excluding carboxylic acids is 1. The molecule has 0 aromatic carbocycles. The predicted octanol–water partition coefficient (Wildman–Crippen LogP) is 1.74. The number of aromatic nitrogens is 2. The highest BCUT2D eigenvalue weighted by molar-refractivity contribution is 5.97. The second-order valence-corrected chi connectivity index (χ2v) is 3.54. The molecule has 15 heavy (non-hydrogen) atoms. The van der Waals surface area contributed by atoms with E-state index in [-0.39, 0.29) is 5.78 Å². The average Bonchev–Trinajstić information content (AvgIpc) is 2.50. The number of Topliss-reactive ketones (excluding diaryl/α,β-unsaturated/α-hetero) is 1. The van der Waals surface area contributed by atoms with Gasteiger partial charge in [-0.1, -0.05) is 6.92 Å². The maximum absolute atomic E-state index is 11.7. The maximum atomic E-state index is 11.7. The third-order valence-electron chi connectivity index (χ3n) is 2.49. The van der Waals surface area contributed by atoms with Gasteiger partial charge in [-0.2, -0.15) is 5.10 Å². The Bertz CT molecular complexity index is 356. The van der Waals surface area contributed by atoms with Crippen molar-refractivity contribution in [2.75, 3.05) is 13.7 Å². The SMILES string of the molecule is CCC(=O)c1c(C)nn(CCOC)c1C. The van der Waals surface area contributed by atoms with E-state index in [4.69, 9.17) is 4.74 Å². The Morgan fingerprint density at radius 1 is 1.47 bits per heavy atom. The Hall–Kier alpha value is -1.16. The van der Waals surface area contributed by atoms with Gasteiger partial charge in [-0.15, -0.1) is 0 Å². The van der Waals surface area contributed by atoms with E-state index >= 15 is 0 Å². The van der Waals surface area contributed by atoms with Crippen molar-refractivity contribution in [1.29, 1.82) is 0 Å². The molecular weight excluding hydrogens is 192 g/mol. The summed E-state index contributed by atoms with van der Waals surface area (Å²) in [5, 5.41) is 4.33. The fourth-order valence-corrected chi connectivity index (χ4v) is 1.67. The van der Waals surface area contributed by atoms with Crippen molar-refractivity contribution in [3.8, 4) is 0 Å². The minimum absolute atomic E-state index is 0.161. The van der Waals surface area contributed by atoms with E-state index < -0.39 is 0 Å². The second kappa shape index (κ2) is 5.07. The van der Waals surface area contributed by atoms with Gasteiger partial charge < -0.3 is 4.74 Å². The molecule has 0 fully saturated rings. The van der Waals surface area contributed by atoms with Crippen LogP contribution in [0.1, 0.15) is 35.1 Å². The van der Waals surface area contributed by atoms with Crippen LogP contribution >= 0.6 is 0 Å². The molecule has 4 heteroatoms. The molecule has 0 spiro atoms. The molecule has 84 valence electrons. The third-order valence-corrected chi connectivity index (χ3v) is 2.49. The summed E-state index contributed by atoms with van der Waals surface area (Å²) in [6.07, 6.45) is 0.525. The second-order valence-electron chi connectivity index (χ2n) is 3.54. The minimum Gasteiger partial charge on any atom is -0.383 e. The highest BCUT2D eigenvalue weighted by Crippen LogP contribution is 2.14.